The Morgan fingerprint density at radius 3 is 2.31 bits per heavy atom. The number of hydrogen-bond acceptors (Lipinski definition) is 1. The third kappa shape index (κ3) is 3.39. The van der Waals surface area contributed by atoms with Gasteiger partial charge in [-0.2, -0.15) is 0 Å². The Kier molecular flexibility index (Phi) is 3.94. The summed E-state index contributed by atoms with van der Waals surface area (Å²) in [5.41, 5.74) is 1.36. The molecule has 2 heteroatoms. The van der Waals surface area contributed by atoms with Crippen molar-refractivity contribution in [1.82, 2.24) is 0 Å². The lowest BCUT2D eigenvalue weighted by Gasteiger charge is -1.99. The quantitative estimate of drug-likeness (QED) is 0.548. The predicted molar refractivity (Wildman–Crippen MR) is 62.8 cm³/mol. The Hall–Kier alpha value is -1.83. The summed E-state index contributed by atoms with van der Waals surface area (Å²) >= 11 is 0. The molecule has 0 aliphatic rings. The molecule has 1 heterocycles. The van der Waals surface area contributed by atoms with Crippen LogP contribution in [0.4, 0.5) is 0 Å². The zero-order valence-electron chi connectivity index (χ0n) is 9.25. The van der Waals surface area contributed by atoms with Crippen molar-refractivity contribution in [3.05, 3.63) is 66.5 Å². The van der Waals surface area contributed by atoms with E-state index in [1.54, 1.807) is 4.73 Å². The van der Waals surface area contributed by atoms with E-state index in [1.807, 2.05) is 36.7 Å². The third-order valence-electron chi connectivity index (χ3n) is 2.38. The molecule has 1 aromatic heterocycles. The highest BCUT2D eigenvalue weighted by molar-refractivity contribution is 5.14. The minimum absolute atomic E-state index is 0.740. The molecule has 2 aromatic rings. The van der Waals surface area contributed by atoms with E-state index >= 15 is 0 Å². The van der Waals surface area contributed by atoms with Crippen LogP contribution in [0, 0.1) is 0 Å². The molecule has 0 saturated carbocycles. The highest BCUT2D eigenvalue weighted by atomic mass is 16.7. The Morgan fingerprint density at radius 2 is 1.56 bits per heavy atom. The zero-order chi connectivity index (χ0) is 11.1. The maximum Gasteiger partial charge on any atom is 0.222 e. The fourth-order valence-electron chi connectivity index (χ4n) is 1.56. The molecule has 0 radical (unpaired) electrons. The second-order valence-electron chi connectivity index (χ2n) is 3.66. The Balaban J connectivity index is 1.70. The van der Waals surface area contributed by atoms with Crippen molar-refractivity contribution in [3.8, 4) is 0 Å². The average Bonchev–Trinajstić information content (AvgIpc) is 2.37. The van der Waals surface area contributed by atoms with Crippen molar-refractivity contribution in [3.63, 3.8) is 0 Å². The summed E-state index contributed by atoms with van der Waals surface area (Å²) in [7, 11) is 0. The first-order valence-electron chi connectivity index (χ1n) is 5.59. The van der Waals surface area contributed by atoms with Gasteiger partial charge in [0, 0.05) is 16.9 Å². The van der Waals surface area contributed by atoms with E-state index in [4.69, 9.17) is 4.84 Å². The molecular formula is C14H16NO+. The molecule has 0 N–H and O–H groups in total. The van der Waals surface area contributed by atoms with Gasteiger partial charge in [0.15, 0.2) is 6.61 Å². The first-order valence-corrected chi connectivity index (χ1v) is 5.59. The summed E-state index contributed by atoms with van der Waals surface area (Å²) in [5.74, 6) is 0. The van der Waals surface area contributed by atoms with Crippen LogP contribution >= 0.6 is 0 Å². The van der Waals surface area contributed by atoms with E-state index in [-0.39, 0.29) is 0 Å². The first-order chi connectivity index (χ1) is 7.95. The number of benzene rings is 1. The predicted octanol–water partition coefficient (Wildman–Crippen LogP) is 2.04. The molecule has 0 saturated heterocycles. The number of nitrogens with zero attached hydrogens (tertiary/aromatic N) is 1. The van der Waals surface area contributed by atoms with Gasteiger partial charge in [0.05, 0.1) is 0 Å². The smallest absolute Gasteiger partial charge is 0.222 e. The standard InChI is InChI=1S/C14H16NO/c1-3-8-14(9-4-1)10-7-13-16-15-11-5-2-6-12-15/h1-6,8-9,11-12H,7,10,13H2/q+1. The maximum absolute atomic E-state index is 5.54. The van der Waals surface area contributed by atoms with Crippen LogP contribution in [0.1, 0.15) is 12.0 Å². The Labute approximate surface area is 96.1 Å². The number of hydrogen-bond donors (Lipinski definition) is 0. The first kappa shape index (κ1) is 10.7. The fraction of sp³-hybridized carbons (Fsp3) is 0.214. The number of rotatable bonds is 5. The molecule has 0 bridgehead atoms. The van der Waals surface area contributed by atoms with Crippen LogP contribution in [0.15, 0.2) is 60.9 Å². The van der Waals surface area contributed by atoms with Gasteiger partial charge in [-0.25, -0.2) is 0 Å². The minimum Gasteiger partial charge on any atom is -0.271 e. The lowest BCUT2D eigenvalue weighted by molar-refractivity contribution is -0.891. The highest BCUT2D eigenvalue weighted by Gasteiger charge is 1.98. The van der Waals surface area contributed by atoms with Crippen LogP contribution in [-0.4, -0.2) is 6.61 Å². The van der Waals surface area contributed by atoms with Gasteiger partial charge < -0.3 is 0 Å². The van der Waals surface area contributed by atoms with Gasteiger partial charge in [-0.05, 0) is 18.4 Å². The molecule has 16 heavy (non-hydrogen) atoms. The van der Waals surface area contributed by atoms with Crippen LogP contribution in [0.2, 0.25) is 0 Å². The van der Waals surface area contributed by atoms with Crippen LogP contribution in [0.3, 0.4) is 0 Å². The summed E-state index contributed by atoms with van der Waals surface area (Å²) in [4.78, 5) is 5.54. The van der Waals surface area contributed by atoms with Crippen molar-refractivity contribution in [1.29, 1.82) is 0 Å². The van der Waals surface area contributed by atoms with Crippen molar-refractivity contribution in [2.45, 2.75) is 12.8 Å². The molecule has 0 atom stereocenters. The summed E-state index contributed by atoms with van der Waals surface area (Å²) < 4.78 is 1.74. The van der Waals surface area contributed by atoms with Crippen LogP contribution in [-0.2, 0) is 6.42 Å². The van der Waals surface area contributed by atoms with Crippen LogP contribution in [0.5, 0.6) is 0 Å². The number of aromatic nitrogens is 1. The van der Waals surface area contributed by atoms with E-state index in [0.29, 0.717) is 0 Å². The molecule has 0 unspecified atom stereocenters. The van der Waals surface area contributed by atoms with Crippen LogP contribution < -0.4 is 9.57 Å². The van der Waals surface area contributed by atoms with E-state index < -0.39 is 0 Å². The third-order valence-corrected chi connectivity index (χ3v) is 2.38. The zero-order valence-corrected chi connectivity index (χ0v) is 9.25. The van der Waals surface area contributed by atoms with Crippen LogP contribution in [0.25, 0.3) is 0 Å². The number of aryl methyl sites for hydroxylation is 1. The molecule has 0 spiro atoms. The normalized spacial score (nSPS) is 10.0. The van der Waals surface area contributed by atoms with Gasteiger partial charge in [-0.1, -0.05) is 36.4 Å². The minimum atomic E-state index is 0.740. The summed E-state index contributed by atoms with van der Waals surface area (Å²) in [6.45, 7) is 0.740. The molecule has 2 nitrogen and oxygen atoms in total. The van der Waals surface area contributed by atoms with Gasteiger partial charge in [0.2, 0.25) is 12.4 Å². The van der Waals surface area contributed by atoms with Crippen molar-refractivity contribution >= 4 is 0 Å². The molecule has 0 aliphatic heterocycles. The van der Waals surface area contributed by atoms with Crippen molar-refractivity contribution < 1.29 is 9.57 Å². The Bertz CT molecular complexity index is 358. The SMILES string of the molecule is c1ccc(CCCO[n+]2ccccc2)cc1. The summed E-state index contributed by atoms with van der Waals surface area (Å²) in [6.07, 6.45) is 5.91. The lowest BCUT2D eigenvalue weighted by atomic mass is 10.1. The summed E-state index contributed by atoms with van der Waals surface area (Å²) in [5, 5.41) is 0. The molecular weight excluding hydrogens is 198 g/mol. The average molecular weight is 214 g/mol. The molecule has 82 valence electrons. The second-order valence-corrected chi connectivity index (χ2v) is 3.66. The van der Waals surface area contributed by atoms with Gasteiger partial charge >= 0.3 is 0 Å². The van der Waals surface area contributed by atoms with Gasteiger partial charge in [0.25, 0.3) is 0 Å². The highest BCUT2D eigenvalue weighted by Crippen LogP contribution is 2.01. The molecule has 0 aliphatic carbocycles. The maximum atomic E-state index is 5.54. The fourth-order valence-corrected chi connectivity index (χ4v) is 1.56. The molecule has 1 aromatic carbocycles. The van der Waals surface area contributed by atoms with E-state index in [1.165, 1.54) is 5.56 Å². The van der Waals surface area contributed by atoms with E-state index in [2.05, 4.69) is 24.3 Å². The largest absolute Gasteiger partial charge is 0.271 e. The van der Waals surface area contributed by atoms with Crippen molar-refractivity contribution in [2.75, 3.05) is 6.61 Å². The topological polar surface area (TPSA) is 13.1 Å². The van der Waals surface area contributed by atoms with Gasteiger partial charge in [-0.3, -0.25) is 4.84 Å². The van der Waals surface area contributed by atoms with E-state index in [0.717, 1.165) is 19.4 Å². The van der Waals surface area contributed by atoms with Gasteiger partial charge in [0.1, 0.15) is 0 Å². The molecule has 0 amide bonds. The molecule has 0 fully saturated rings. The Morgan fingerprint density at radius 1 is 0.875 bits per heavy atom. The second kappa shape index (κ2) is 5.91. The number of pyridine rings is 1. The molecule has 2 rings (SSSR count). The van der Waals surface area contributed by atoms with Gasteiger partial charge in [-0.15, -0.1) is 0 Å². The van der Waals surface area contributed by atoms with Crippen molar-refractivity contribution in [2.24, 2.45) is 0 Å². The lowest BCUT2D eigenvalue weighted by Crippen LogP contribution is -2.42. The van der Waals surface area contributed by atoms with E-state index in [9.17, 15) is 0 Å². The summed E-state index contributed by atoms with van der Waals surface area (Å²) in [6, 6.07) is 16.4. The monoisotopic (exact) mass is 214 g/mol.